The predicted octanol–water partition coefficient (Wildman–Crippen LogP) is 5.82. The van der Waals surface area contributed by atoms with Crippen LogP contribution < -0.4 is 15.5 Å². The minimum Gasteiger partial charge on any atom is -0.371 e. The van der Waals surface area contributed by atoms with E-state index in [0.29, 0.717) is 37.4 Å². The quantitative estimate of drug-likeness (QED) is 0.322. The van der Waals surface area contributed by atoms with E-state index in [2.05, 4.69) is 64.1 Å². The monoisotopic (exact) mass is 596 g/mol. The summed E-state index contributed by atoms with van der Waals surface area (Å²) in [4.78, 5) is 30.5. The zero-order chi connectivity index (χ0) is 29.6. The van der Waals surface area contributed by atoms with Gasteiger partial charge in [0.25, 0.3) is 0 Å². The van der Waals surface area contributed by atoms with Gasteiger partial charge in [0, 0.05) is 49.9 Å². The molecule has 0 radical (unpaired) electrons. The van der Waals surface area contributed by atoms with E-state index in [1.807, 2.05) is 35.2 Å². The highest BCUT2D eigenvalue weighted by atomic mass is 35.5. The lowest BCUT2D eigenvalue weighted by molar-refractivity contribution is -0.133. The lowest BCUT2D eigenvalue weighted by Gasteiger charge is -2.34. The lowest BCUT2D eigenvalue weighted by Crippen LogP contribution is -2.50. The van der Waals surface area contributed by atoms with Crippen LogP contribution in [0.15, 0.2) is 84.4 Å². The fourth-order valence-electron chi connectivity index (χ4n) is 6.62. The van der Waals surface area contributed by atoms with E-state index < -0.39 is 0 Å². The number of likely N-dealkylation sites (tertiary alicyclic amines) is 1. The van der Waals surface area contributed by atoms with Gasteiger partial charge < -0.3 is 20.4 Å². The summed E-state index contributed by atoms with van der Waals surface area (Å²) < 4.78 is 0. The summed E-state index contributed by atoms with van der Waals surface area (Å²) in [6.07, 6.45) is 8.34. The zero-order valence-corrected chi connectivity index (χ0v) is 25.5. The molecule has 3 aliphatic rings. The van der Waals surface area contributed by atoms with Crippen LogP contribution >= 0.6 is 11.6 Å². The Kier molecular flexibility index (Phi) is 9.45. The van der Waals surface area contributed by atoms with E-state index in [4.69, 9.17) is 11.6 Å². The first-order valence-electron chi connectivity index (χ1n) is 15.7. The van der Waals surface area contributed by atoms with Crippen molar-refractivity contribution < 1.29 is 9.59 Å². The number of halogens is 1. The van der Waals surface area contributed by atoms with Crippen LogP contribution in [0.5, 0.6) is 0 Å². The topological polar surface area (TPSA) is 64.7 Å². The Morgan fingerprint density at radius 1 is 0.930 bits per heavy atom. The summed E-state index contributed by atoms with van der Waals surface area (Å²) in [5.41, 5.74) is 7.48. The van der Waals surface area contributed by atoms with Crippen molar-refractivity contribution in [2.24, 2.45) is 0 Å². The Morgan fingerprint density at radius 3 is 2.47 bits per heavy atom. The van der Waals surface area contributed by atoms with Crippen molar-refractivity contribution in [2.75, 3.05) is 24.5 Å². The van der Waals surface area contributed by atoms with Gasteiger partial charge in [-0.25, -0.2) is 0 Å². The molecule has 3 aromatic rings. The normalized spacial score (nSPS) is 19.5. The van der Waals surface area contributed by atoms with Gasteiger partial charge in [0.1, 0.15) is 0 Å². The van der Waals surface area contributed by atoms with Crippen LogP contribution in [0.4, 0.5) is 5.69 Å². The average molecular weight is 597 g/mol. The molecule has 0 unspecified atom stereocenters. The van der Waals surface area contributed by atoms with Gasteiger partial charge in [0.05, 0.1) is 12.1 Å². The molecule has 0 saturated carbocycles. The number of para-hydroxylation sites is 1. The number of fused-ring (bicyclic) bond motifs is 1. The van der Waals surface area contributed by atoms with Crippen LogP contribution in [0.25, 0.3) is 0 Å². The summed E-state index contributed by atoms with van der Waals surface area (Å²) in [5, 5.41) is 7.52. The van der Waals surface area contributed by atoms with Gasteiger partial charge in [-0.05, 0) is 79.0 Å². The highest BCUT2D eigenvalue weighted by Crippen LogP contribution is 2.28. The summed E-state index contributed by atoms with van der Waals surface area (Å²) in [5.74, 6) is 0.315. The first kappa shape index (κ1) is 29.5. The Labute approximate surface area is 260 Å². The maximum atomic E-state index is 13.5. The molecule has 0 aliphatic carbocycles. The van der Waals surface area contributed by atoms with E-state index in [1.54, 1.807) is 0 Å². The number of carbonyl (C=O) groups excluding carboxylic acids is 2. The molecule has 224 valence electrons. The fraction of sp³-hybridized carbons (Fsp3) is 0.389. The zero-order valence-electron chi connectivity index (χ0n) is 24.7. The van der Waals surface area contributed by atoms with Crippen LogP contribution in [0.2, 0.25) is 5.02 Å². The molecule has 6 nitrogen and oxygen atoms in total. The Bertz CT molecular complexity index is 1460. The summed E-state index contributed by atoms with van der Waals surface area (Å²) in [6.45, 7) is 4.08. The third-order valence-electron chi connectivity index (χ3n) is 9.05. The third-order valence-corrected chi connectivity index (χ3v) is 9.30. The number of rotatable bonds is 8. The Hall–Kier alpha value is -3.61. The minimum atomic E-state index is -0.244. The first-order valence-corrected chi connectivity index (χ1v) is 16.0. The van der Waals surface area contributed by atoms with Crippen molar-refractivity contribution in [3.8, 4) is 0 Å². The molecule has 3 heterocycles. The molecule has 6 rings (SSSR count). The van der Waals surface area contributed by atoms with Gasteiger partial charge in [0.15, 0.2) is 0 Å². The number of hydrogen-bond donors (Lipinski definition) is 2. The number of carbonyl (C=O) groups is 2. The molecule has 2 amide bonds. The fourth-order valence-corrected chi connectivity index (χ4v) is 6.75. The van der Waals surface area contributed by atoms with Crippen LogP contribution in [-0.4, -0.2) is 48.4 Å². The van der Waals surface area contributed by atoms with Crippen molar-refractivity contribution in [1.82, 2.24) is 15.5 Å². The molecule has 0 bridgehead atoms. The van der Waals surface area contributed by atoms with Gasteiger partial charge in [0.2, 0.25) is 11.8 Å². The average Bonchev–Trinajstić information content (AvgIpc) is 3.03. The van der Waals surface area contributed by atoms with Gasteiger partial charge in [-0.15, -0.1) is 0 Å². The van der Waals surface area contributed by atoms with Crippen molar-refractivity contribution in [1.29, 1.82) is 0 Å². The molecule has 2 N–H and O–H groups in total. The molecule has 2 atom stereocenters. The molecular weight excluding hydrogens is 556 g/mol. The molecular formula is C36H41ClN4O2. The second-order valence-corrected chi connectivity index (χ2v) is 12.5. The van der Waals surface area contributed by atoms with Gasteiger partial charge in [-0.3, -0.25) is 9.59 Å². The number of amides is 2. The number of hydrogen-bond acceptors (Lipinski definition) is 4. The molecule has 2 fully saturated rings. The second kappa shape index (κ2) is 13.8. The number of nitrogens with zero attached hydrogens (tertiary/aromatic N) is 2. The van der Waals surface area contributed by atoms with Crippen LogP contribution in [-0.2, 0) is 35.5 Å². The molecule has 3 aliphatic heterocycles. The van der Waals surface area contributed by atoms with Gasteiger partial charge in [-0.1, -0.05) is 77.8 Å². The largest absolute Gasteiger partial charge is 0.371 e. The summed E-state index contributed by atoms with van der Waals surface area (Å²) in [7, 11) is 0. The molecule has 43 heavy (non-hydrogen) atoms. The number of anilines is 1. The third kappa shape index (κ3) is 7.49. The number of piperidine rings is 2. The van der Waals surface area contributed by atoms with Crippen molar-refractivity contribution in [2.45, 2.75) is 70.1 Å². The van der Waals surface area contributed by atoms with E-state index in [9.17, 15) is 9.59 Å². The van der Waals surface area contributed by atoms with E-state index in [1.165, 1.54) is 28.0 Å². The SMILES string of the molecule is O=C(N[C@@H](C=C1CCN(c2ccccc2CN2CCCCC2=O)CC1)Cc1ccc(Cl)cc1)[C@H]1Cc2ccccc2CN1. The highest BCUT2D eigenvalue weighted by molar-refractivity contribution is 6.30. The van der Waals surface area contributed by atoms with Crippen molar-refractivity contribution in [3.63, 3.8) is 0 Å². The number of nitrogens with one attached hydrogen (secondary N) is 2. The molecule has 0 spiro atoms. The smallest absolute Gasteiger partial charge is 0.237 e. The predicted molar refractivity (Wildman–Crippen MR) is 173 cm³/mol. The number of benzene rings is 3. The summed E-state index contributed by atoms with van der Waals surface area (Å²) >= 11 is 6.15. The van der Waals surface area contributed by atoms with Crippen molar-refractivity contribution >= 4 is 29.1 Å². The first-order chi connectivity index (χ1) is 21.0. The molecule has 0 aromatic heterocycles. The molecule has 2 saturated heterocycles. The van der Waals surface area contributed by atoms with E-state index in [0.717, 1.165) is 50.9 Å². The van der Waals surface area contributed by atoms with Crippen LogP contribution in [0.1, 0.15) is 54.4 Å². The lowest BCUT2D eigenvalue weighted by atomic mass is 9.94. The van der Waals surface area contributed by atoms with E-state index >= 15 is 0 Å². The summed E-state index contributed by atoms with van der Waals surface area (Å²) in [6, 6.07) is 24.4. The maximum absolute atomic E-state index is 13.5. The van der Waals surface area contributed by atoms with Gasteiger partial charge in [-0.2, -0.15) is 0 Å². The Balaban J connectivity index is 1.13. The van der Waals surface area contributed by atoms with Crippen molar-refractivity contribution in [3.05, 3.63) is 112 Å². The van der Waals surface area contributed by atoms with Crippen LogP contribution in [0, 0.1) is 0 Å². The van der Waals surface area contributed by atoms with E-state index in [-0.39, 0.29) is 23.9 Å². The van der Waals surface area contributed by atoms with Crippen LogP contribution in [0.3, 0.4) is 0 Å². The standard InChI is InChI=1S/C36H41ClN4O2/c37-31-14-12-26(13-15-31)21-32(39-36(43)33-23-28-7-1-2-8-29(28)24-38-33)22-27-16-19-40(20-17-27)34-10-4-3-9-30(34)25-41-18-6-5-11-35(41)42/h1-4,7-10,12-15,22,32-33,38H,5-6,11,16-21,23-25H2,(H,39,43)/t32-,33-/m1/s1. The highest BCUT2D eigenvalue weighted by Gasteiger charge is 2.26. The maximum Gasteiger partial charge on any atom is 0.237 e. The molecule has 7 heteroatoms. The van der Waals surface area contributed by atoms with Gasteiger partial charge >= 0.3 is 0 Å². The molecule has 3 aromatic carbocycles. The second-order valence-electron chi connectivity index (χ2n) is 12.1. The Morgan fingerprint density at radius 2 is 1.67 bits per heavy atom. The minimum absolute atomic E-state index is 0.0453.